The Morgan fingerprint density at radius 1 is 1.47 bits per heavy atom. The van der Waals surface area contributed by atoms with E-state index in [0.29, 0.717) is 5.92 Å². The Hall–Kier alpha value is -0.900. The van der Waals surface area contributed by atoms with Gasteiger partial charge >= 0.3 is 0 Å². The second kappa shape index (κ2) is 4.41. The zero-order valence-corrected chi connectivity index (χ0v) is 10.9. The fourth-order valence-corrected chi connectivity index (χ4v) is 3.56. The number of hydrogen-bond donors (Lipinski definition) is 1. The number of nitrogens with one attached hydrogen (secondary N) is 1. The van der Waals surface area contributed by atoms with Crippen molar-refractivity contribution < 1.29 is 4.79 Å². The maximum absolute atomic E-state index is 11.9. The molecule has 0 radical (unpaired) electrons. The molecule has 1 heterocycles. The Morgan fingerprint density at radius 2 is 2.24 bits per heavy atom. The number of aromatic nitrogens is 1. The van der Waals surface area contributed by atoms with Crippen molar-refractivity contribution in [2.75, 3.05) is 6.54 Å². The molecule has 0 aliphatic heterocycles. The van der Waals surface area contributed by atoms with Gasteiger partial charge in [-0.3, -0.25) is 4.79 Å². The summed E-state index contributed by atoms with van der Waals surface area (Å²) in [5, 5.41) is 6.22. The van der Waals surface area contributed by atoms with Crippen LogP contribution in [0.3, 0.4) is 0 Å². The van der Waals surface area contributed by atoms with E-state index in [1.807, 2.05) is 6.92 Å². The second-order valence-corrected chi connectivity index (χ2v) is 6.39. The molecule has 2 aliphatic carbocycles. The lowest BCUT2D eigenvalue weighted by atomic mass is 10.0. The standard InChI is InChI=1S/C13H18N2OS/c1-8-15-12(7-17-8)2-3-14-13(16)11-5-9-4-10(9)6-11/h7,9-11H,2-6H2,1H3,(H,14,16). The predicted octanol–water partition coefficient (Wildman–Crippen LogP) is 2.16. The summed E-state index contributed by atoms with van der Waals surface area (Å²) in [6.07, 6.45) is 4.50. The SMILES string of the molecule is Cc1nc(CCNC(=O)C2CC3CC3C2)cs1. The lowest BCUT2D eigenvalue weighted by Crippen LogP contribution is -2.31. The van der Waals surface area contributed by atoms with Gasteiger partial charge in [-0.1, -0.05) is 0 Å². The van der Waals surface area contributed by atoms with E-state index >= 15 is 0 Å². The van der Waals surface area contributed by atoms with E-state index in [1.165, 1.54) is 6.42 Å². The minimum atomic E-state index is 0.268. The van der Waals surface area contributed by atoms with Gasteiger partial charge in [0.2, 0.25) is 5.91 Å². The van der Waals surface area contributed by atoms with Crippen molar-refractivity contribution in [1.29, 1.82) is 0 Å². The van der Waals surface area contributed by atoms with Crippen LogP contribution in [0.5, 0.6) is 0 Å². The maximum Gasteiger partial charge on any atom is 0.223 e. The lowest BCUT2D eigenvalue weighted by Gasteiger charge is -2.11. The number of carbonyl (C=O) groups is 1. The molecule has 2 unspecified atom stereocenters. The maximum atomic E-state index is 11.9. The quantitative estimate of drug-likeness (QED) is 0.889. The van der Waals surface area contributed by atoms with Gasteiger partial charge in [0.05, 0.1) is 10.7 Å². The Kier molecular flexibility index (Phi) is 2.90. The number of nitrogens with zero attached hydrogens (tertiary/aromatic N) is 1. The van der Waals surface area contributed by atoms with Crippen LogP contribution in [0.4, 0.5) is 0 Å². The number of thiazole rings is 1. The highest BCUT2D eigenvalue weighted by atomic mass is 32.1. The van der Waals surface area contributed by atoms with Crippen LogP contribution < -0.4 is 5.32 Å². The van der Waals surface area contributed by atoms with Crippen molar-refractivity contribution in [2.24, 2.45) is 17.8 Å². The highest BCUT2D eigenvalue weighted by Gasteiger charge is 2.47. The minimum Gasteiger partial charge on any atom is -0.355 e. The summed E-state index contributed by atoms with van der Waals surface area (Å²) >= 11 is 1.67. The number of rotatable bonds is 4. The predicted molar refractivity (Wildman–Crippen MR) is 67.9 cm³/mol. The number of fused-ring (bicyclic) bond motifs is 1. The van der Waals surface area contributed by atoms with Crippen LogP contribution >= 0.6 is 11.3 Å². The molecule has 1 aromatic rings. The van der Waals surface area contributed by atoms with Crippen molar-refractivity contribution in [2.45, 2.75) is 32.6 Å². The van der Waals surface area contributed by atoms with Crippen molar-refractivity contribution in [3.63, 3.8) is 0 Å². The Labute approximate surface area is 106 Å². The molecular weight excluding hydrogens is 232 g/mol. The molecule has 0 bridgehead atoms. The average molecular weight is 250 g/mol. The Bertz CT molecular complexity index is 419. The normalized spacial score (nSPS) is 30.1. The van der Waals surface area contributed by atoms with E-state index in [-0.39, 0.29) is 5.91 Å². The van der Waals surface area contributed by atoms with Gasteiger partial charge in [0, 0.05) is 24.3 Å². The highest BCUT2D eigenvalue weighted by Crippen LogP contribution is 2.54. The average Bonchev–Trinajstić information content (AvgIpc) is 2.74. The van der Waals surface area contributed by atoms with Gasteiger partial charge < -0.3 is 5.32 Å². The van der Waals surface area contributed by atoms with Crippen LogP contribution in [0.25, 0.3) is 0 Å². The molecule has 2 fully saturated rings. The molecule has 3 nitrogen and oxygen atoms in total. The molecule has 0 saturated heterocycles. The smallest absolute Gasteiger partial charge is 0.223 e. The van der Waals surface area contributed by atoms with Crippen LogP contribution in [0.15, 0.2) is 5.38 Å². The van der Waals surface area contributed by atoms with Crippen molar-refractivity contribution in [3.8, 4) is 0 Å². The molecule has 0 spiro atoms. The number of amides is 1. The minimum absolute atomic E-state index is 0.268. The van der Waals surface area contributed by atoms with Crippen molar-refractivity contribution in [1.82, 2.24) is 10.3 Å². The Morgan fingerprint density at radius 3 is 2.88 bits per heavy atom. The third-order valence-electron chi connectivity index (χ3n) is 3.96. The summed E-state index contributed by atoms with van der Waals surface area (Å²) in [6, 6.07) is 0. The first kappa shape index (κ1) is 11.2. The highest BCUT2D eigenvalue weighted by molar-refractivity contribution is 7.09. The molecule has 2 saturated carbocycles. The first-order valence-corrected chi connectivity index (χ1v) is 7.29. The number of hydrogen-bond acceptors (Lipinski definition) is 3. The largest absolute Gasteiger partial charge is 0.355 e. The van der Waals surface area contributed by atoms with E-state index in [4.69, 9.17) is 0 Å². The number of aryl methyl sites for hydroxylation is 1. The molecule has 3 rings (SSSR count). The summed E-state index contributed by atoms with van der Waals surface area (Å²) in [7, 11) is 0. The molecule has 0 aromatic carbocycles. The zero-order valence-electron chi connectivity index (χ0n) is 10.1. The monoisotopic (exact) mass is 250 g/mol. The van der Waals surface area contributed by atoms with Gasteiger partial charge in [-0.25, -0.2) is 4.98 Å². The van der Waals surface area contributed by atoms with Crippen molar-refractivity contribution in [3.05, 3.63) is 16.1 Å². The van der Waals surface area contributed by atoms with Crippen LogP contribution in [0, 0.1) is 24.7 Å². The second-order valence-electron chi connectivity index (χ2n) is 5.32. The van der Waals surface area contributed by atoms with E-state index in [0.717, 1.165) is 48.3 Å². The molecule has 92 valence electrons. The van der Waals surface area contributed by atoms with E-state index in [2.05, 4.69) is 15.7 Å². The van der Waals surface area contributed by atoms with Gasteiger partial charge in [-0.15, -0.1) is 11.3 Å². The first-order chi connectivity index (χ1) is 8.22. The van der Waals surface area contributed by atoms with Gasteiger partial charge in [0.1, 0.15) is 0 Å². The van der Waals surface area contributed by atoms with Crippen LogP contribution in [-0.4, -0.2) is 17.4 Å². The van der Waals surface area contributed by atoms with E-state index < -0.39 is 0 Å². The topological polar surface area (TPSA) is 42.0 Å². The zero-order chi connectivity index (χ0) is 11.8. The third-order valence-corrected chi connectivity index (χ3v) is 4.78. The molecule has 4 heteroatoms. The van der Waals surface area contributed by atoms with Crippen molar-refractivity contribution >= 4 is 17.2 Å². The molecule has 2 aliphatic rings. The van der Waals surface area contributed by atoms with E-state index in [1.54, 1.807) is 11.3 Å². The summed E-state index contributed by atoms with van der Waals surface area (Å²) in [5.74, 6) is 2.33. The number of carbonyl (C=O) groups excluding carboxylic acids is 1. The molecule has 1 aromatic heterocycles. The first-order valence-electron chi connectivity index (χ1n) is 6.41. The molecule has 1 N–H and O–H groups in total. The fourth-order valence-electron chi connectivity index (χ4n) is 2.91. The van der Waals surface area contributed by atoms with Crippen LogP contribution in [-0.2, 0) is 11.2 Å². The van der Waals surface area contributed by atoms with Gasteiger partial charge in [-0.05, 0) is 38.0 Å². The van der Waals surface area contributed by atoms with E-state index in [9.17, 15) is 4.79 Å². The summed E-state index contributed by atoms with van der Waals surface area (Å²) < 4.78 is 0. The van der Waals surface area contributed by atoms with Gasteiger partial charge in [0.25, 0.3) is 0 Å². The fraction of sp³-hybridized carbons (Fsp3) is 0.692. The lowest BCUT2D eigenvalue weighted by molar-refractivity contribution is -0.125. The summed E-state index contributed by atoms with van der Waals surface area (Å²) in [4.78, 5) is 16.3. The summed E-state index contributed by atoms with van der Waals surface area (Å²) in [5.41, 5.74) is 1.10. The third kappa shape index (κ3) is 2.51. The van der Waals surface area contributed by atoms with Crippen LogP contribution in [0.2, 0.25) is 0 Å². The molecule has 17 heavy (non-hydrogen) atoms. The summed E-state index contributed by atoms with van der Waals surface area (Å²) in [6.45, 7) is 2.74. The van der Waals surface area contributed by atoms with Gasteiger partial charge in [-0.2, -0.15) is 0 Å². The van der Waals surface area contributed by atoms with Gasteiger partial charge in [0.15, 0.2) is 0 Å². The Balaban J connectivity index is 1.40. The molecule has 1 amide bonds. The van der Waals surface area contributed by atoms with Crippen LogP contribution in [0.1, 0.15) is 30.0 Å². The molecule has 2 atom stereocenters. The molecular formula is C13H18N2OS.